The number of hydrogen-bond donors (Lipinski definition) is 0. The molecule has 0 saturated carbocycles. The number of rotatable bonds is 2. The molecule has 3 heterocycles. The summed E-state index contributed by atoms with van der Waals surface area (Å²) >= 11 is 0. The third kappa shape index (κ3) is 2.77. The van der Waals surface area contributed by atoms with E-state index in [1.165, 1.54) is 25.7 Å². The van der Waals surface area contributed by atoms with E-state index in [2.05, 4.69) is 4.90 Å². The molecule has 2 fully saturated rings. The summed E-state index contributed by atoms with van der Waals surface area (Å²) < 4.78 is 5.77. The Labute approximate surface area is 114 Å². The van der Waals surface area contributed by atoms with Crippen LogP contribution in [0.15, 0.2) is 16.5 Å². The van der Waals surface area contributed by atoms with Gasteiger partial charge in [0.25, 0.3) is 5.91 Å². The summed E-state index contributed by atoms with van der Waals surface area (Å²) in [6.45, 7) is 3.84. The highest BCUT2D eigenvalue weighted by atomic mass is 16.4. The lowest BCUT2D eigenvalue weighted by Crippen LogP contribution is -2.35. The number of hydrogen-bond acceptors (Lipinski definition) is 3. The van der Waals surface area contributed by atoms with Crippen molar-refractivity contribution in [3.8, 4) is 0 Å². The summed E-state index contributed by atoms with van der Waals surface area (Å²) in [5.41, 5.74) is 0. The van der Waals surface area contributed by atoms with Crippen molar-refractivity contribution < 1.29 is 9.21 Å². The van der Waals surface area contributed by atoms with E-state index in [0.717, 1.165) is 44.9 Å². The SMILES string of the molecule is O=C(c1ccc(N2CCCCC2)o1)N1CCCCC1. The van der Waals surface area contributed by atoms with Crippen LogP contribution < -0.4 is 4.90 Å². The number of piperidine rings is 2. The van der Waals surface area contributed by atoms with Gasteiger partial charge in [-0.1, -0.05) is 0 Å². The van der Waals surface area contributed by atoms with Crippen molar-refractivity contribution in [2.45, 2.75) is 38.5 Å². The molecule has 4 heteroatoms. The molecule has 2 aliphatic rings. The van der Waals surface area contributed by atoms with E-state index in [4.69, 9.17) is 4.42 Å². The number of amides is 1. The number of carbonyl (C=O) groups is 1. The van der Waals surface area contributed by atoms with Gasteiger partial charge in [0.05, 0.1) is 0 Å². The maximum absolute atomic E-state index is 12.3. The van der Waals surface area contributed by atoms with Crippen LogP contribution in [0.2, 0.25) is 0 Å². The molecule has 0 aliphatic carbocycles. The Bertz CT molecular complexity index is 429. The first-order chi connectivity index (χ1) is 9.34. The molecule has 0 atom stereocenters. The van der Waals surface area contributed by atoms with Crippen LogP contribution in [0.4, 0.5) is 5.88 Å². The minimum atomic E-state index is 0.0583. The van der Waals surface area contributed by atoms with E-state index in [9.17, 15) is 4.79 Å². The molecule has 3 rings (SSSR count). The first kappa shape index (κ1) is 12.6. The van der Waals surface area contributed by atoms with Gasteiger partial charge in [-0.25, -0.2) is 0 Å². The molecule has 104 valence electrons. The average molecular weight is 262 g/mol. The second-order valence-corrected chi connectivity index (χ2v) is 5.54. The van der Waals surface area contributed by atoms with Gasteiger partial charge in [0.15, 0.2) is 11.6 Å². The van der Waals surface area contributed by atoms with Gasteiger partial charge in [0.2, 0.25) is 0 Å². The van der Waals surface area contributed by atoms with Crippen LogP contribution in [0, 0.1) is 0 Å². The monoisotopic (exact) mass is 262 g/mol. The van der Waals surface area contributed by atoms with Gasteiger partial charge in [0.1, 0.15) is 0 Å². The van der Waals surface area contributed by atoms with Crippen LogP contribution in [0.5, 0.6) is 0 Å². The standard InChI is InChI=1S/C15H22N2O2/c18-15(17-11-5-2-6-12-17)13-7-8-14(19-13)16-9-3-1-4-10-16/h7-8H,1-6,9-12H2. The Morgan fingerprint density at radius 2 is 1.53 bits per heavy atom. The molecule has 2 aliphatic heterocycles. The molecule has 2 saturated heterocycles. The van der Waals surface area contributed by atoms with Crippen LogP contribution in [-0.4, -0.2) is 37.0 Å². The molecular formula is C15H22N2O2. The van der Waals surface area contributed by atoms with Crippen molar-refractivity contribution >= 4 is 11.8 Å². The van der Waals surface area contributed by atoms with Crippen molar-refractivity contribution in [2.24, 2.45) is 0 Å². The van der Waals surface area contributed by atoms with Gasteiger partial charge in [0, 0.05) is 32.2 Å². The van der Waals surface area contributed by atoms with Crippen LogP contribution in [0.25, 0.3) is 0 Å². The average Bonchev–Trinajstić information content (AvgIpc) is 2.98. The summed E-state index contributed by atoms with van der Waals surface area (Å²) in [5, 5.41) is 0. The zero-order chi connectivity index (χ0) is 13.1. The lowest BCUT2D eigenvalue weighted by molar-refractivity contribution is 0.0692. The van der Waals surface area contributed by atoms with Gasteiger partial charge in [-0.15, -0.1) is 0 Å². The maximum Gasteiger partial charge on any atom is 0.289 e. The Balaban J connectivity index is 1.67. The third-order valence-electron chi connectivity index (χ3n) is 4.11. The van der Waals surface area contributed by atoms with Crippen LogP contribution in [0.1, 0.15) is 49.1 Å². The van der Waals surface area contributed by atoms with E-state index < -0.39 is 0 Å². The third-order valence-corrected chi connectivity index (χ3v) is 4.11. The van der Waals surface area contributed by atoms with E-state index in [1.807, 2.05) is 17.0 Å². The Kier molecular flexibility index (Phi) is 3.76. The molecule has 4 nitrogen and oxygen atoms in total. The topological polar surface area (TPSA) is 36.7 Å². The second-order valence-electron chi connectivity index (χ2n) is 5.54. The maximum atomic E-state index is 12.3. The quantitative estimate of drug-likeness (QED) is 0.822. The van der Waals surface area contributed by atoms with Crippen LogP contribution >= 0.6 is 0 Å². The van der Waals surface area contributed by atoms with E-state index in [0.29, 0.717) is 5.76 Å². The molecule has 0 unspecified atom stereocenters. The molecular weight excluding hydrogens is 240 g/mol. The summed E-state index contributed by atoms with van der Waals surface area (Å²) in [7, 11) is 0. The van der Waals surface area contributed by atoms with Gasteiger partial charge in [-0.2, -0.15) is 0 Å². The van der Waals surface area contributed by atoms with Gasteiger partial charge >= 0.3 is 0 Å². The summed E-state index contributed by atoms with van der Waals surface area (Å²) in [5.74, 6) is 1.42. The first-order valence-corrected chi connectivity index (χ1v) is 7.49. The molecule has 0 spiro atoms. The van der Waals surface area contributed by atoms with E-state index >= 15 is 0 Å². The summed E-state index contributed by atoms with van der Waals surface area (Å²) in [6.07, 6.45) is 7.21. The van der Waals surface area contributed by atoms with Crippen molar-refractivity contribution in [3.63, 3.8) is 0 Å². The van der Waals surface area contributed by atoms with E-state index in [-0.39, 0.29) is 5.91 Å². The van der Waals surface area contributed by atoms with Crippen molar-refractivity contribution in [1.29, 1.82) is 0 Å². The molecule has 0 radical (unpaired) electrons. The zero-order valence-corrected chi connectivity index (χ0v) is 11.4. The molecule has 19 heavy (non-hydrogen) atoms. The van der Waals surface area contributed by atoms with Gasteiger partial charge < -0.3 is 14.2 Å². The fourth-order valence-electron chi connectivity index (χ4n) is 2.98. The fraction of sp³-hybridized carbons (Fsp3) is 0.667. The van der Waals surface area contributed by atoms with Crippen LogP contribution in [0.3, 0.4) is 0 Å². The van der Waals surface area contributed by atoms with Gasteiger partial charge in [-0.05, 0) is 44.6 Å². The highest BCUT2D eigenvalue weighted by molar-refractivity contribution is 5.92. The number of likely N-dealkylation sites (tertiary alicyclic amines) is 1. The molecule has 1 amide bonds. The predicted octanol–water partition coefficient (Wildman–Crippen LogP) is 2.90. The Morgan fingerprint density at radius 3 is 2.21 bits per heavy atom. The number of carbonyl (C=O) groups excluding carboxylic acids is 1. The smallest absolute Gasteiger partial charge is 0.289 e. The summed E-state index contributed by atoms with van der Waals surface area (Å²) in [6, 6.07) is 3.78. The number of nitrogens with zero attached hydrogens (tertiary/aromatic N) is 2. The van der Waals surface area contributed by atoms with Crippen molar-refractivity contribution in [3.05, 3.63) is 17.9 Å². The molecule has 1 aromatic rings. The normalized spacial score (nSPS) is 20.6. The largest absolute Gasteiger partial charge is 0.435 e. The second kappa shape index (κ2) is 5.68. The molecule has 0 N–H and O–H groups in total. The lowest BCUT2D eigenvalue weighted by atomic mass is 10.1. The summed E-state index contributed by atoms with van der Waals surface area (Å²) in [4.78, 5) is 16.5. The predicted molar refractivity (Wildman–Crippen MR) is 74.5 cm³/mol. The number of anilines is 1. The van der Waals surface area contributed by atoms with Crippen molar-refractivity contribution in [1.82, 2.24) is 4.90 Å². The van der Waals surface area contributed by atoms with Crippen molar-refractivity contribution in [2.75, 3.05) is 31.1 Å². The first-order valence-electron chi connectivity index (χ1n) is 7.49. The van der Waals surface area contributed by atoms with Gasteiger partial charge in [-0.3, -0.25) is 4.79 Å². The van der Waals surface area contributed by atoms with E-state index in [1.54, 1.807) is 0 Å². The minimum absolute atomic E-state index is 0.0583. The lowest BCUT2D eigenvalue weighted by Gasteiger charge is -2.27. The molecule has 1 aromatic heterocycles. The molecule has 0 aromatic carbocycles. The highest BCUT2D eigenvalue weighted by Gasteiger charge is 2.22. The highest BCUT2D eigenvalue weighted by Crippen LogP contribution is 2.24. The Morgan fingerprint density at radius 1 is 0.895 bits per heavy atom. The number of furan rings is 1. The minimum Gasteiger partial charge on any atom is -0.435 e. The van der Waals surface area contributed by atoms with Crippen LogP contribution in [-0.2, 0) is 0 Å². The Hall–Kier alpha value is -1.45. The fourth-order valence-corrected chi connectivity index (χ4v) is 2.98. The molecule has 0 bridgehead atoms. The zero-order valence-electron chi connectivity index (χ0n) is 11.4.